The van der Waals surface area contributed by atoms with Gasteiger partial charge in [-0.25, -0.2) is 9.07 Å². The lowest BCUT2D eigenvalue weighted by Gasteiger charge is -2.22. The van der Waals surface area contributed by atoms with E-state index in [1.54, 1.807) is 35.0 Å². The van der Waals surface area contributed by atoms with Gasteiger partial charge in [0.25, 0.3) is 5.91 Å². The van der Waals surface area contributed by atoms with Crippen LogP contribution in [0.15, 0.2) is 90.6 Å². The molecule has 5 rings (SSSR count). The molecule has 1 amide bonds. The molecule has 6 nitrogen and oxygen atoms in total. The van der Waals surface area contributed by atoms with Crippen LogP contribution in [0.3, 0.4) is 0 Å². The third-order valence-electron chi connectivity index (χ3n) is 6.83. The van der Waals surface area contributed by atoms with Gasteiger partial charge in [-0.1, -0.05) is 67.8 Å². The molecule has 0 aliphatic heterocycles. The van der Waals surface area contributed by atoms with Crippen LogP contribution in [0.2, 0.25) is 0 Å². The first-order valence-corrected chi connectivity index (χ1v) is 13.1. The first-order valence-electron chi connectivity index (χ1n) is 13.1. The van der Waals surface area contributed by atoms with Crippen LogP contribution in [0, 0.1) is 17.1 Å². The number of carbonyl (C=O) groups is 1. The number of rotatable bonds is 8. The maximum Gasteiger partial charge on any atom is 0.262 e. The number of benzene rings is 3. The van der Waals surface area contributed by atoms with Crippen LogP contribution in [0.5, 0.6) is 5.75 Å². The van der Waals surface area contributed by atoms with Crippen LogP contribution in [0.1, 0.15) is 43.2 Å². The summed E-state index contributed by atoms with van der Waals surface area (Å²) in [5.41, 5.74) is 3.29. The molecule has 1 N–H and O–H groups in total. The Morgan fingerprint density at radius 1 is 1.05 bits per heavy atom. The van der Waals surface area contributed by atoms with Crippen molar-refractivity contribution < 1.29 is 13.9 Å². The van der Waals surface area contributed by atoms with Crippen molar-refractivity contribution in [2.45, 2.75) is 44.8 Å². The van der Waals surface area contributed by atoms with Gasteiger partial charge in [0.1, 0.15) is 35.5 Å². The van der Waals surface area contributed by atoms with E-state index in [-0.39, 0.29) is 29.9 Å². The summed E-state index contributed by atoms with van der Waals surface area (Å²) in [7, 11) is 0. The number of hydrogen-bond acceptors (Lipinski definition) is 4. The Balaban J connectivity index is 1.47. The average Bonchev–Trinajstić information content (AvgIpc) is 3.40. The SMILES string of the molecule is N#C/C(=C/c1cn(-c2ccccc2)nc1-c1cccc(OCc2ccccc2F)c1)C(=O)NC1CCCCC1. The van der Waals surface area contributed by atoms with E-state index in [0.717, 1.165) is 36.9 Å². The number of ether oxygens (including phenoxy) is 1. The van der Waals surface area contributed by atoms with E-state index in [1.807, 2.05) is 54.7 Å². The minimum atomic E-state index is -0.371. The number of halogens is 1. The average molecular weight is 521 g/mol. The van der Waals surface area contributed by atoms with Crippen molar-refractivity contribution in [1.82, 2.24) is 15.1 Å². The third kappa shape index (κ3) is 6.42. The second kappa shape index (κ2) is 12.2. The highest BCUT2D eigenvalue weighted by atomic mass is 19.1. The Morgan fingerprint density at radius 3 is 2.59 bits per heavy atom. The van der Waals surface area contributed by atoms with Crippen molar-refractivity contribution >= 4 is 12.0 Å². The zero-order valence-corrected chi connectivity index (χ0v) is 21.5. The van der Waals surface area contributed by atoms with Gasteiger partial charge in [0, 0.05) is 28.9 Å². The van der Waals surface area contributed by atoms with E-state index in [4.69, 9.17) is 9.84 Å². The number of nitrogens with one attached hydrogen (secondary N) is 1. The summed E-state index contributed by atoms with van der Waals surface area (Å²) in [5.74, 6) is -0.140. The standard InChI is InChI=1S/C32H29FN4O2/c33-30-17-8-7-10-24(30)22-39-29-16-9-11-23(19-29)31-26(21-37(36-31)28-14-5-2-6-15-28)18-25(20-34)32(38)35-27-12-3-1-4-13-27/h2,5-11,14-19,21,27H,1,3-4,12-13,22H2,(H,35,38)/b25-18-. The zero-order valence-electron chi connectivity index (χ0n) is 21.5. The zero-order chi connectivity index (χ0) is 27.0. The Kier molecular flexibility index (Phi) is 8.13. The summed E-state index contributed by atoms with van der Waals surface area (Å²) < 4.78 is 21.7. The molecule has 7 heteroatoms. The van der Waals surface area contributed by atoms with Gasteiger partial charge in [-0.15, -0.1) is 0 Å². The van der Waals surface area contributed by atoms with Gasteiger partial charge >= 0.3 is 0 Å². The molecule has 0 unspecified atom stereocenters. The summed E-state index contributed by atoms with van der Waals surface area (Å²) in [6.45, 7) is 0.0846. The molecule has 0 saturated heterocycles. The van der Waals surface area contributed by atoms with Crippen LogP contribution < -0.4 is 10.1 Å². The van der Waals surface area contributed by atoms with Crippen molar-refractivity contribution in [2.75, 3.05) is 0 Å². The maximum absolute atomic E-state index is 14.1. The highest BCUT2D eigenvalue weighted by Gasteiger charge is 2.20. The van der Waals surface area contributed by atoms with Crippen molar-refractivity contribution in [1.29, 1.82) is 5.26 Å². The van der Waals surface area contributed by atoms with Crippen LogP contribution in [0.4, 0.5) is 4.39 Å². The Morgan fingerprint density at radius 2 is 1.82 bits per heavy atom. The molecule has 4 aromatic rings. The van der Waals surface area contributed by atoms with Gasteiger partial charge in [-0.2, -0.15) is 10.4 Å². The van der Waals surface area contributed by atoms with Gasteiger partial charge in [0.05, 0.1) is 5.69 Å². The number of nitrogens with zero attached hydrogens (tertiary/aromatic N) is 3. The monoisotopic (exact) mass is 520 g/mol. The fourth-order valence-corrected chi connectivity index (χ4v) is 4.75. The maximum atomic E-state index is 14.1. The summed E-state index contributed by atoms with van der Waals surface area (Å²) in [5, 5.41) is 17.7. The Labute approximate surface area is 227 Å². The number of para-hydroxylation sites is 1. The van der Waals surface area contributed by atoms with Gasteiger partial charge in [-0.3, -0.25) is 4.79 Å². The van der Waals surface area contributed by atoms with Crippen molar-refractivity contribution in [3.8, 4) is 28.8 Å². The van der Waals surface area contributed by atoms with Gasteiger partial charge < -0.3 is 10.1 Å². The Hall–Kier alpha value is -4.70. The molecule has 1 aliphatic rings. The highest BCUT2D eigenvalue weighted by molar-refractivity contribution is 6.02. The van der Waals surface area contributed by atoms with E-state index < -0.39 is 0 Å². The minimum Gasteiger partial charge on any atom is -0.489 e. The van der Waals surface area contributed by atoms with E-state index in [9.17, 15) is 14.4 Å². The Bertz CT molecular complexity index is 1510. The molecule has 0 atom stereocenters. The largest absolute Gasteiger partial charge is 0.489 e. The summed E-state index contributed by atoms with van der Waals surface area (Å²) in [6.07, 6.45) is 8.61. The molecular formula is C32H29FN4O2. The molecule has 0 spiro atoms. The van der Waals surface area contributed by atoms with Gasteiger partial charge in [0.2, 0.25) is 0 Å². The molecular weight excluding hydrogens is 491 g/mol. The summed E-state index contributed by atoms with van der Waals surface area (Å²) in [4.78, 5) is 13.0. The second-order valence-electron chi connectivity index (χ2n) is 9.60. The van der Waals surface area contributed by atoms with Gasteiger partial charge in [-0.05, 0) is 49.2 Å². The molecule has 0 radical (unpaired) electrons. The summed E-state index contributed by atoms with van der Waals surface area (Å²) in [6, 6.07) is 25.6. The predicted octanol–water partition coefficient (Wildman–Crippen LogP) is 6.61. The van der Waals surface area contributed by atoms with Crippen LogP contribution in [-0.2, 0) is 11.4 Å². The first-order chi connectivity index (χ1) is 19.1. The fourth-order valence-electron chi connectivity index (χ4n) is 4.75. The van der Waals surface area contributed by atoms with Crippen molar-refractivity contribution in [3.63, 3.8) is 0 Å². The molecule has 0 bridgehead atoms. The molecule has 196 valence electrons. The normalized spacial score (nSPS) is 14.0. The van der Waals surface area contributed by atoms with Crippen LogP contribution in [-0.4, -0.2) is 21.7 Å². The molecule has 3 aromatic carbocycles. The number of hydrogen-bond donors (Lipinski definition) is 1. The smallest absolute Gasteiger partial charge is 0.262 e. The van der Waals surface area contributed by atoms with Crippen LogP contribution in [0.25, 0.3) is 23.0 Å². The molecule has 1 aromatic heterocycles. The lowest BCUT2D eigenvalue weighted by Crippen LogP contribution is -2.36. The predicted molar refractivity (Wildman–Crippen MR) is 148 cm³/mol. The molecule has 39 heavy (non-hydrogen) atoms. The van der Waals surface area contributed by atoms with E-state index in [0.29, 0.717) is 22.6 Å². The lowest BCUT2D eigenvalue weighted by atomic mass is 9.95. The number of nitriles is 1. The third-order valence-corrected chi connectivity index (χ3v) is 6.83. The fraction of sp³-hybridized carbons (Fsp3) is 0.219. The first kappa shape index (κ1) is 25.9. The van der Waals surface area contributed by atoms with E-state index in [1.165, 1.54) is 12.5 Å². The van der Waals surface area contributed by atoms with E-state index in [2.05, 4.69) is 11.4 Å². The van der Waals surface area contributed by atoms with E-state index >= 15 is 0 Å². The second-order valence-corrected chi connectivity index (χ2v) is 9.60. The highest BCUT2D eigenvalue weighted by Crippen LogP contribution is 2.29. The van der Waals surface area contributed by atoms with Crippen molar-refractivity contribution in [2.24, 2.45) is 0 Å². The van der Waals surface area contributed by atoms with Gasteiger partial charge in [0.15, 0.2) is 0 Å². The van der Waals surface area contributed by atoms with Crippen LogP contribution >= 0.6 is 0 Å². The molecule has 1 heterocycles. The quantitative estimate of drug-likeness (QED) is 0.209. The number of amides is 1. The minimum absolute atomic E-state index is 0.0291. The lowest BCUT2D eigenvalue weighted by molar-refractivity contribution is -0.117. The molecule has 1 fully saturated rings. The number of carbonyl (C=O) groups excluding carboxylic acids is 1. The summed E-state index contributed by atoms with van der Waals surface area (Å²) >= 11 is 0. The number of aromatic nitrogens is 2. The van der Waals surface area contributed by atoms with Crippen molar-refractivity contribution in [3.05, 3.63) is 108 Å². The molecule has 1 saturated carbocycles. The molecule has 1 aliphatic carbocycles. The topological polar surface area (TPSA) is 79.9 Å².